The maximum Gasteiger partial charge on any atom is 0.338 e. The second kappa shape index (κ2) is 31.5. The maximum absolute atomic E-state index is 14.8. The number of imide groups is 1. The Morgan fingerprint density at radius 1 is 0.554 bits per heavy atom. The highest BCUT2D eigenvalue weighted by Crippen LogP contribution is 2.48. The van der Waals surface area contributed by atoms with E-state index in [2.05, 4.69) is 10.0 Å². The molecular weight excluding hydrogens is 1310 g/mol. The quantitative estimate of drug-likeness (QED) is 0.00931. The molecule has 4 aliphatic heterocycles. The Labute approximate surface area is 549 Å². The first-order chi connectivity index (χ1) is 44.2. The molecule has 4 aliphatic rings. The molecule has 0 radical (unpaired) electrons. The zero-order valence-electron chi connectivity index (χ0n) is 49.1. The molecule has 0 spiro atoms. The van der Waals surface area contributed by atoms with Crippen molar-refractivity contribution in [2.24, 2.45) is 5.11 Å². The molecule has 3 fully saturated rings. The molecule has 9 rings (SSSR count). The molecule has 92 heavy (non-hydrogen) atoms. The molecule has 0 aromatic heterocycles. The summed E-state index contributed by atoms with van der Waals surface area (Å²) in [5.41, 5.74) is 8.60. The number of rotatable bonds is 23. The summed E-state index contributed by atoms with van der Waals surface area (Å²) in [6, 6.07) is 27.8. The van der Waals surface area contributed by atoms with Crippen LogP contribution in [-0.4, -0.2) is 174 Å². The highest BCUT2D eigenvalue weighted by atomic mass is 35.5. The second-order valence-corrected chi connectivity index (χ2v) is 23.7. The molecule has 0 saturated carbocycles. The lowest BCUT2D eigenvalue weighted by molar-refractivity contribution is -0.359. The molecule has 15 atom stereocenters. The van der Waals surface area contributed by atoms with Crippen LogP contribution < -0.4 is 0 Å². The van der Waals surface area contributed by atoms with E-state index in [1.54, 1.807) is 67.6 Å². The number of nitrogens with zero attached hydrogens (tertiary/aromatic N) is 4. The fourth-order valence-electron chi connectivity index (χ4n) is 10.7. The summed E-state index contributed by atoms with van der Waals surface area (Å²) in [5, 5.41) is 15.6. The molecule has 5 aromatic rings. The number of azide groups is 1. The van der Waals surface area contributed by atoms with Crippen molar-refractivity contribution in [3.63, 3.8) is 0 Å². The van der Waals surface area contributed by atoms with Crippen LogP contribution in [0.1, 0.15) is 85.0 Å². The van der Waals surface area contributed by atoms with Gasteiger partial charge in [-0.25, -0.2) is 14.4 Å². The summed E-state index contributed by atoms with van der Waals surface area (Å²) in [5.74, 6) is -7.80. The number of ether oxygens (including phenoxy) is 12. The van der Waals surface area contributed by atoms with Gasteiger partial charge in [0.05, 0.1) is 61.1 Å². The van der Waals surface area contributed by atoms with E-state index in [0.717, 1.165) is 32.5 Å². The zero-order chi connectivity index (χ0) is 65.9. The van der Waals surface area contributed by atoms with Crippen LogP contribution in [0.15, 0.2) is 126 Å². The number of thioether (sulfide) groups is 1. The van der Waals surface area contributed by atoms with E-state index in [1.165, 1.54) is 60.7 Å². The third kappa shape index (κ3) is 15.8. The van der Waals surface area contributed by atoms with Crippen molar-refractivity contribution in [2.45, 2.75) is 125 Å². The minimum atomic E-state index is -2.16. The number of fused-ring (bicyclic) bond motifs is 1. The van der Waals surface area contributed by atoms with Gasteiger partial charge in [0.25, 0.3) is 11.8 Å². The van der Waals surface area contributed by atoms with Crippen LogP contribution in [0.2, 0.25) is 20.1 Å². The van der Waals surface area contributed by atoms with Crippen LogP contribution >= 0.6 is 58.2 Å². The predicted octanol–water partition coefficient (Wildman–Crippen LogP) is 8.95. The minimum absolute atomic E-state index is 0.0279. The molecule has 25 nitrogen and oxygen atoms in total. The summed E-state index contributed by atoms with van der Waals surface area (Å²) in [6.07, 6.45) is -22.7. The minimum Gasteiger partial charge on any atom is -0.463 e. The van der Waals surface area contributed by atoms with Gasteiger partial charge >= 0.3 is 35.8 Å². The van der Waals surface area contributed by atoms with E-state index in [9.17, 15) is 49.0 Å². The van der Waals surface area contributed by atoms with Crippen molar-refractivity contribution in [3.8, 4) is 0 Å². The topological polar surface area (TPSA) is 320 Å². The first kappa shape index (κ1) is 69.0. The number of carbonyl (C=O) groups excluding carboxylic acids is 8. The summed E-state index contributed by atoms with van der Waals surface area (Å²) >= 11 is 27.2. The summed E-state index contributed by atoms with van der Waals surface area (Å²) < 4.78 is 75.2. The van der Waals surface area contributed by atoms with E-state index >= 15 is 0 Å². The number of hydrogen-bond acceptors (Lipinski definition) is 23. The van der Waals surface area contributed by atoms with Gasteiger partial charge in [-0.15, -0.1) is 11.8 Å². The fraction of sp³-hybridized carbons (Fsp3) is 0.387. The number of aliphatic hydroxyl groups excluding tert-OH is 1. The molecule has 30 heteroatoms. The summed E-state index contributed by atoms with van der Waals surface area (Å²) in [6.45, 7) is 2.80. The summed E-state index contributed by atoms with van der Waals surface area (Å²) in [4.78, 5) is 115. The van der Waals surface area contributed by atoms with Gasteiger partial charge in [-0.05, 0) is 53.2 Å². The molecule has 4 heterocycles. The predicted molar refractivity (Wildman–Crippen MR) is 325 cm³/mol. The number of amides is 2. The van der Waals surface area contributed by atoms with Crippen molar-refractivity contribution in [1.82, 2.24) is 4.90 Å². The highest BCUT2D eigenvalue weighted by Gasteiger charge is 2.60. The number of hydrogen-bond donors (Lipinski definition) is 1. The Morgan fingerprint density at radius 3 is 1.54 bits per heavy atom. The molecule has 5 aromatic carbocycles. The lowest BCUT2D eigenvalue weighted by Gasteiger charge is -2.51. The van der Waals surface area contributed by atoms with E-state index in [-0.39, 0.29) is 39.1 Å². The number of aliphatic hydroxyl groups is 1. The van der Waals surface area contributed by atoms with Crippen LogP contribution in [-0.2, 0) is 77.8 Å². The average Bonchev–Trinajstić information content (AvgIpc) is 1.52. The molecule has 0 unspecified atom stereocenters. The first-order valence-electron chi connectivity index (χ1n) is 28.4. The van der Waals surface area contributed by atoms with Crippen molar-refractivity contribution in [2.75, 3.05) is 25.6 Å². The van der Waals surface area contributed by atoms with Crippen molar-refractivity contribution >= 4 is 106 Å². The lowest BCUT2D eigenvalue weighted by atomic mass is 9.94. The molecule has 486 valence electrons. The molecule has 3 saturated heterocycles. The molecular formula is C62H58Cl4N4O21S. The average molecular weight is 1370 g/mol. The Hall–Kier alpha value is -7.40. The van der Waals surface area contributed by atoms with Crippen LogP contribution in [0.3, 0.4) is 0 Å². The van der Waals surface area contributed by atoms with Gasteiger partial charge in [0.1, 0.15) is 67.4 Å². The number of carbonyl (C=O) groups is 8. The molecule has 1 N–H and O–H groups in total. The maximum atomic E-state index is 14.8. The van der Waals surface area contributed by atoms with E-state index in [0.29, 0.717) is 10.5 Å². The van der Waals surface area contributed by atoms with E-state index < -0.39 is 180 Å². The molecule has 2 amide bonds. The van der Waals surface area contributed by atoms with Gasteiger partial charge in [-0.2, -0.15) is 0 Å². The first-order valence-corrected chi connectivity index (χ1v) is 31.0. The Kier molecular flexibility index (Phi) is 23.6. The van der Waals surface area contributed by atoms with Gasteiger partial charge in [0.2, 0.25) is 0 Å². The van der Waals surface area contributed by atoms with E-state index in [4.69, 9.17) is 103 Å². The van der Waals surface area contributed by atoms with Gasteiger partial charge in [-0.1, -0.05) is 143 Å². The third-order valence-electron chi connectivity index (χ3n) is 14.7. The highest BCUT2D eigenvalue weighted by molar-refractivity contribution is 7.99. The Balaban J connectivity index is 1.22. The SMILES string of the molecule is CCS[C@@H]1O[C@H](COCc2ccccc2)[C@@H](O[C@@H]2O[C@H](COC(=O)c3ccccc3)[C@H](O[C@H]3O[C@H](COC(C)=O)[C@@H](OC(C)=O)[C@H](OC(C)=O)[C@H]3N=[N+]=[N-])[C@H](OC(=O)c3ccccc3)[C@H]2OC(=O)c2ccccc2)[C@H](O)[C@H]1N1C(=O)c2c(Cl)c(Cl)c(Cl)c(Cl)c2C1=O. The Bertz CT molecular complexity index is 3520. The van der Waals surface area contributed by atoms with Gasteiger partial charge < -0.3 is 61.9 Å². The van der Waals surface area contributed by atoms with Crippen LogP contribution in [0.25, 0.3) is 10.4 Å². The number of halogens is 4. The second-order valence-electron chi connectivity index (χ2n) is 20.8. The van der Waals surface area contributed by atoms with Crippen molar-refractivity contribution in [1.29, 1.82) is 0 Å². The third-order valence-corrected chi connectivity index (χ3v) is 17.6. The molecule has 0 bridgehead atoms. The molecule has 0 aliphatic carbocycles. The van der Waals surface area contributed by atoms with Gasteiger partial charge in [0.15, 0.2) is 37.0 Å². The zero-order valence-corrected chi connectivity index (χ0v) is 52.9. The summed E-state index contributed by atoms with van der Waals surface area (Å²) in [7, 11) is 0. The number of esters is 6. The van der Waals surface area contributed by atoms with Crippen molar-refractivity contribution in [3.05, 3.63) is 185 Å². The Morgan fingerprint density at radius 2 is 1.02 bits per heavy atom. The lowest BCUT2D eigenvalue weighted by Crippen LogP contribution is -2.69. The van der Waals surface area contributed by atoms with Gasteiger partial charge in [0, 0.05) is 25.7 Å². The van der Waals surface area contributed by atoms with Crippen molar-refractivity contribution < 1.29 is 100 Å². The smallest absolute Gasteiger partial charge is 0.338 e. The van der Waals surface area contributed by atoms with Gasteiger partial charge in [-0.3, -0.25) is 28.9 Å². The van der Waals surface area contributed by atoms with E-state index in [1.807, 2.05) is 0 Å². The van der Waals surface area contributed by atoms with Crippen LogP contribution in [0.4, 0.5) is 0 Å². The normalized spacial score (nSPS) is 26.8. The number of benzene rings is 5. The van der Waals surface area contributed by atoms with Crippen LogP contribution in [0.5, 0.6) is 0 Å². The monoisotopic (exact) mass is 1370 g/mol. The fourth-order valence-corrected chi connectivity index (χ4v) is 12.7. The standard InChI is InChI=1S/C62H58Cl4N4O21S/c1-5-92-62-47(70-55(75)40-41(56(70)76)43(64)45(66)44(65)42(40)63)48(74)49(37(87-62)27-80-26-33-18-10-6-11-19-33)90-61-54(89-59(79)36-24-16-9-17-25-36)53(88-58(78)35-22-14-8-15-23-35)51(39(86-61)29-82-57(77)34-20-12-7-13-21-34)91-60-46(68-69-67)52(84-32(4)73)50(83-31(3)72)38(85-60)28-81-30(2)71/h6-25,37-39,46-54,60-62,74H,5,26-29H2,1-4H3/t37-,38-,39-,46-,47-,48-,49-,50-,51+,52-,53+,54-,60-,61+,62+/m1/s1. The van der Waals surface area contributed by atoms with Crippen LogP contribution in [0, 0.1) is 0 Å². The largest absolute Gasteiger partial charge is 0.463 e.